The van der Waals surface area contributed by atoms with Crippen molar-refractivity contribution >= 4 is 0 Å². The van der Waals surface area contributed by atoms with Crippen LogP contribution in [0, 0.1) is 11.8 Å². The Balaban J connectivity index is 1.96. The highest BCUT2D eigenvalue weighted by Crippen LogP contribution is 2.32. The van der Waals surface area contributed by atoms with Crippen LogP contribution in [0.5, 0.6) is 0 Å². The number of ether oxygens (including phenoxy) is 1. The molecule has 1 heterocycles. The third kappa shape index (κ3) is 2.76. The summed E-state index contributed by atoms with van der Waals surface area (Å²) in [7, 11) is 0. The number of hydrogen-bond acceptors (Lipinski definition) is 3. The van der Waals surface area contributed by atoms with Gasteiger partial charge in [-0.05, 0) is 31.1 Å². The summed E-state index contributed by atoms with van der Waals surface area (Å²) in [6.45, 7) is 3.20. The van der Waals surface area contributed by atoms with Crippen LogP contribution in [0.2, 0.25) is 0 Å². The second-order valence-electron chi connectivity index (χ2n) is 5.55. The largest absolute Gasteiger partial charge is 0.376 e. The molecule has 3 atom stereocenters. The van der Waals surface area contributed by atoms with Crippen molar-refractivity contribution in [1.29, 1.82) is 0 Å². The van der Waals surface area contributed by atoms with Gasteiger partial charge in [-0.25, -0.2) is 0 Å². The highest BCUT2D eigenvalue weighted by molar-refractivity contribution is 4.89. The first-order valence-electron chi connectivity index (χ1n) is 6.90. The molecule has 1 aliphatic heterocycles. The zero-order chi connectivity index (χ0) is 11.4. The van der Waals surface area contributed by atoms with Gasteiger partial charge in [-0.1, -0.05) is 32.6 Å². The van der Waals surface area contributed by atoms with Crippen LogP contribution in [0.1, 0.15) is 51.9 Å². The predicted octanol–water partition coefficient (Wildman–Crippen LogP) is 2.21. The van der Waals surface area contributed by atoms with E-state index in [1.54, 1.807) is 0 Å². The molecule has 3 unspecified atom stereocenters. The molecule has 16 heavy (non-hydrogen) atoms. The molecular formula is C13H26N2O. The second-order valence-corrected chi connectivity index (χ2v) is 5.55. The quantitative estimate of drug-likeness (QED) is 0.441. The maximum atomic E-state index is 5.87. The van der Waals surface area contributed by atoms with Gasteiger partial charge in [-0.15, -0.1) is 0 Å². The van der Waals surface area contributed by atoms with Gasteiger partial charge in [0, 0.05) is 6.61 Å². The Hall–Kier alpha value is -0.120. The van der Waals surface area contributed by atoms with Gasteiger partial charge in [0.1, 0.15) is 0 Å². The highest BCUT2D eigenvalue weighted by atomic mass is 16.5. The molecule has 2 aliphatic rings. The van der Waals surface area contributed by atoms with Crippen molar-refractivity contribution in [2.45, 2.75) is 64.0 Å². The molecule has 1 saturated carbocycles. The fraction of sp³-hybridized carbons (Fsp3) is 1.00. The first-order valence-corrected chi connectivity index (χ1v) is 6.90. The van der Waals surface area contributed by atoms with Crippen LogP contribution in [-0.4, -0.2) is 18.8 Å². The van der Waals surface area contributed by atoms with E-state index < -0.39 is 0 Å². The number of nitrogens with two attached hydrogens (primary N) is 1. The average molecular weight is 226 g/mol. The van der Waals surface area contributed by atoms with E-state index >= 15 is 0 Å². The summed E-state index contributed by atoms with van der Waals surface area (Å²) < 4.78 is 5.87. The zero-order valence-corrected chi connectivity index (χ0v) is 10.5. The van der Waals surface area contributed by atoms with Gasteiger partial charge in [0.25, 0.3) is 0 Å². The lowest BCUT2D eigenvalue weighted by Crippen LogP contribution is -2.50. The van der Waals surface area contributed by atoms with E-state index in [0.717, 1.165) is 12.5 Å². The van der Waals surface area contributed by atoms with Crippen molar-refractivity contribution < 1.29 is 4.74 Å². The molecular weight excluding hydrogens is 200 g/mol. The minimum absolute atomic E-state index is 0.341. The van der Waals surface area contributed by atoms with Crippen molar-refractivity contribution in [3.8, 4) is 0 Å². The molecule has 3 N–H and O–H groups in total. The van der Waals surface area contributed by atoms with Gasteiger partial charge in [0.15, 0.2) is 0 Å². The van der Waals surface area contributed by atoms with Crippen molar-refractivity contribution in [3.05, 3.63) is 0 Å². The maximum Gasteiger partial charge on any atom is 0.0770 e. The van der Waals surface area contributed by atoms with Gasteiger partial charge >= 0.3 is 0 Å². The molecule has 0 amide bonds. The summed E-state index contributed by atoms with van der Waals surface area (Å²) in [5.74, 6) is 7.14. The van der Waals surface area contributed by atoms with Gasteiger partial charge in [0.05, 0.1) is 12.1 Å². The Morgan fingerprint density at radius 1 is 1.12 bits per heavy atom. The molecule has 3 nitrogen and oxygen atoms in total. The van der Waals surface area contributed by atoms with Crippen LogP contribution in [0.15, 0.2) is 0 Å². The molecule has 1 aliphatic carbocycles. The van der Waals surface area contributed by atoms with E-state index in [2.05, 4.69) is 12.3 Å². The number of nitrogens with one attached hydrogen (secondary N) is 1. The Labute approximate surface area is 99.1 Å². The zero-order valence-electron chi connectivity index (χ0n) is 10.5. The third-order valence-corrected chi connectivity index (χ3v) is 4.40. The first kappa shape index (κ1) is 12.3. The summed E-state index contributed by atoms with van der Waals surface area (Å²) in [6, 6.07) is 0.371. The molecule has 1 saturated heterocycles. The summed E-state index contributed by atoms with van der Waals surface area (Å²) >= 11 is 0. The molecule has 2 rings (SSSR count). The molecule has 3 heteroatoms. The van der Waals surface area contributed by atoms with Crippen LogP contribution in [-0.2, 0) is 4.74 Å². The minimum Gasteiger partial charge on any atom is -0.376 e. The average Bonchev–Trinajstić information content (AvgIpc) is 2.57. The molecule has 2 fully saturated rings. The second kappa shape index (κ2) is 5.99. The standard InChI is InChI=1S/C13H26N2O/c1-10-8-9-16-13(10)12(15-14)11-6-4-2-3-5-7-11/h10-13,15H,2-9,14H2,1H3. The van der Waals surface area contributed by atoms with E-state index in [9.17, 15) is 0 Å². The Kier molecular flexibility index (Phi) is 4.62. The normalized spacial score (nSPS) is 34.9. The summed E-state index contributed by atoms with van der Waals surface area (Å²) in [5.41, 5.74) is 3.05. The van der Waals surface area contributed by atoms with Gasteiger partial charge in [0.2, 0.25) is 0 Å². The van der Waals surface area contributed by atoms with Crippen molar-refractivity contribution in [2.24, 2.45) is 17.7 Å². The van der Waals surface area contributed by atoms with Crippen molar-refractivity contribution in [1.82, 2.24) is 5.43 Å². The topological polar surface area (TPSA) is 47.3 Å². The fourth-order valence-electron chi connectivity index (χ4n) is 3.35. The lowest BCUT2D eigenvalue weighted by atomic mass is 9.84. The molecule has 0 aromatic rings. The molecule has 0 bridgehead atoms. The van der Waals surface area contributed by atoms with Crippen molar-refractivity contribution in [3.63, 3.8) is 0 Å². The van der Waals surface area contributed by atoms with Gasteiger partial charge in [-0.3, -0.25) is 11.3 Å². The lowest BCUT2D eigenvalue weighted by molar-refractivity contribution is 0.0376. The van der Waals surface area contributed by atoms with Crippen molar-refractivity contribution in [2.75, 3.05) is 6.61 Å². The number of hydrazine groups is 1. The van der Waals surface area contributed by atoms with E-state index in [0.29, 0.717) is 18.1 Å². The maximum absolute atomic E-state index is 5.87. The predicted molar refractivity (Wildman–Crippen MR) is 65.8 cm³/mol. The Bertz CT molecular complexity index is 202. The summed E-state index contributed by atoms with van der Waals surface area (Å²) in [5, 5.41) is 0. The van der Waals surface area contributed by atoms with Crippen LogP contribution in [0.4, 0.5) is 0 Å². The van der Waals surface area contributed by atoms with Gasteiger partial charge in [-0.2, -0.15) is 0 Å². The first-order chi connectivity index (χ1) is 7.83. The SMILES string of the molecule is CC1CCOC1C(NN)C1CCCCCC1. The monoisotopic (exact) mass is 226 g/mol. The molecule has 0 aromatic heterocycles. The number of rotatable bonds is 3. The van der Waals surface area contributed by atoms with Crippen LogP contribution in [0.25, 0.3) is 0 Å². The van der Waals surface area contributed by atoms with E-state index in [1.165, 1.54) is 44.9 Å². The summed E-state index contributed by atoms with van der Waals surface area (Å²) in [6.07, 6.45) is 9.70. The molecule has 0 radical (unpaired) electrons. The van der Waals surface area contributed by atoms with Gasteiger partial charge < -0.3 is 4.74 Å². The van der Waals surface area contributed by atoms with E-state index in [4.69, 9.17) is 10.6 Å². The molecule has 0 aromatic carbocycles. The van der Waals surface area contributed by atoms with Crippen LogP contribution < -0.4 is 11.3 Å². The molecule has 0 spiro atoms. The van der Waals surface area contributed by atoms with E-state index in [1.807, 2.05) is 0 Å². The molecule has 94 valence electrons. The highest BCUT2D eigenvalue weighted by Gasteiger charge is 2.36. The fourth-order valence-corrected chi connectivity index (χ4v) is 3.35. The minimum atomic E-state index is 0.341. The lowest BCUT2D eigenvalue weighted by Gasteiger charge is -2.32. The number of hydrogen-bond donors (Lipinski definition) is 2. The van der Waals surface area contributed by atoms with Crippen LogP contribution >= 0.6 is 0 Å². The third-order valence-electron chi connectivity index (χ3n) is 4.40. The van der Waals surface area contributed by atoms with Crippen LogP contribution in [0.3, 0.4) is 0 Å². The van der Waals surface area contributed by atoms with E-state index in [-0.39, 0.29) is 0 Å². The Morgan fingerprint density at radius 2 is 1.81 bits per heavy atom. The Morgan fingerprint density at radius 3 is 2.31 bits per heavy atom. The smallest absolute Gasteiger partial charge is 0.0770 e. The summed E-state index contributed by atoms with van der Waals surface area (Å²) in [4.78, 5) is 0.